The molecule has 0 aliphatic rings. The molecule has 0 heterocycles. The lowest BCUT2D eigenvalue weighted by Crippen LogP contribution is -2.52. The van der Waals surface area contributed by atoms with Crippen molar-refractivity contribution in [3.63, 3.8) is 0 Å². The summed E-state index contributed by atoms with van der Waals surface area (Å²) < 4.78 is 0.779. The standard InChI is InChI=1S/C11H21ClNO/c1-4-7-13(6-3,8-5-2)10-11(14)9-12/h4-5,11,14H,1-2,6-10H2,3H3/q+1. The number of hydrogen-bond donors (Lipinski definition) is 1. The van der Waals surface area contributed by atoms with Gasteiger partial charge in [0.2, 0.25) is 0 Å². The van der Waals surface area contributed by atoms with Crippen LogP contribution in [0.25, 0.3) is 0 Å². The zero-order chi connectivity index (χ0) is 11.0. The van der Waals surface area contributed by atoms with Crippen molar-refractivity contribution in [1.82, 2.24) is 0 Å². The lowest BCUT2D eigenvalue weighted by molar-refractivity contribution is -0.918. The molecule has 0 bridgehead atoms. The molecule has 0 spiro atoms. The summed E-state index contributed by atoms with van der Waals surface area (Å²) >= 11 is 5.60. The number of quaternary nitrogens is 1. The van der Waals surface area contributed by atoms with E-state index in [1.54, 1.807) is 0 Å². The highest BCUT2D eigenvalue weighted by Crippen LogP contribution is 2.09. The van der Waals surface area contributed by atoms with E-state index in [0.29, 0.717) is 6.54 Å². The van der Waals surface area contributed by atoms with E-state index in [2.05, 4.69) is 20.1 Å². The van der Waals surface area contributed by atoms with Crippen molar-refractivity contribution in [3.05, 3.63) is 25.3 Å². The van der Waals surface area contributed by atoms with Gasteiger partial charge in [-0.1, -0.05) is 13.2 Å². The predicted molar refractivity (Wildman–Crippen MR) is 62.5 cm³/mol. The highest BCUT2D eigenvalue weighted by molar-refractivity contribution is 6.18. The number of hydrogen-bond acceptors (Lipinski definition) is 1. The summed E-state index contributed by atoms with van der Waals surface area (Å²) in [6.07, 6.45) is 3.32. The van der Waals surface area contributed by atoms with Crippen molar-refractivity contribution in [2.75, 3.05) is 32.1 Å². The van der Waals surface area contributed by atoms with E-state index < -0.39 is 6.10 Å². The third-order valence-corrected chi connectivity index (χ3v) is 2.84. The SMILES string of the molecule is C=CC[N+](CC)(CC=C)CC(O)CCl. The number of rotatable bonds is 8. The van der Waals surface area contributed by atoms with E-state index >= 15 is 0 Å². The molecule has 0 aromatic carbocycles. The van der Waals surface area contributed by atoms with E-state index in [4.69, 9.17) is 11.6 Å². The summed E-state index contributed by atoms with van der Waals surface area (Å²) in [6, 6.07) is 0. The Hall–Kier alpha value is -0.310. The molecule has 2 nitrogen and oxygen atoms in total. The molecule has 1 N–H and O–H groups in total. The maximum Gasteiger partial charge on any atom is 0.116 e. The van der Waals surface area contributed by atoms with Crippen LogP contribution >= 0.6 is 11.6 Å². The molecule has 14 heavy (non-hydrogen) atoms. The van der Waals surface area contributed by atoms with Crippen molar-refractivity contribution in [3.8, 4) is 0 Å². The summed E-state index contributed by atoms with van der Waals surface area (Å²) in [5.41, 5.74) is 0. The number of halogens is 1. The minimum absolute atomic E-state index is 0.286. The lowest BCUT2D eigenvalue weighted by Gasteiger charge is -2.37. The van der Waals surface area contributed by atoms with Crippen molar-refractivity contribution < 1.29 is 9.59 Å². The minimum Gasteiger partial charge on any atom is -0.386 e. The van der Waals surface area contributed by atoms with Gasteiger partial charge in [-0.15, -0.1) is 11.6 Å². The Morgan fingerprint density at radius 3 is 2.14 bits per heavy atom. The molecule has 1 atom stereocenters. The van der Waals surface area contributed by atoms with Crippen LogP contribution < -0.4 is 0 Å². The van der Waals surface area contributed by atoms with Crippen molar-refractivity contribution in [2.24, 2.45) is 0 Å². The number of aliphatic hydroxyl groups excluding tert-OH is 1. The molecule has 0 fully saturated rings. The average molecular weight is 219 g/mol. The van der Waals surface area contributed by atoms with Gasteiger partial charge in [-0.25, -0.2) is 0 Å². The van der Waals surface area contributed by atoms with Gasteiger partial charge in [0.05, 0.1) is 25.5 Å². The molecular formula is C11H21ClNO+. The fraction of sp³-hybridized carbons (Fsp3) is 0.636. The topological polar surface area (TPSA) is 20.2 Å². The Labute approximate surface area is 92.1 Å². The van der Waals surface area contributed by atoms with Crippen LogP contribution in [-0.4, -0.2) is 47.8 Å². The summed E-state index contributed by atoms with van der Waals surface area (Å²) in [4.78, 5) is 0. The third kappa shape index (κ3) is 4.27. The molecule has 3 heteroatoms. The van der Waals surface area contributed by atoms with Crippen LogP contribution in [0.15, 0.2) is 25.3 Å². The summed E-state index contributed by atoms with van der Waals surface area (Å²) in [7, 11) is 0. The van der Waals surface area contributed by atoms with Gasteiger partial charge in [0.15, 0.2) is 0 Å². The van der Waals surface area contributed by atoms with Gasteiger partial charge >= 0.3 is 0 Å². The van der Waals surface area contributed by atoms with Gasteiger partial charge in [-0.2, -0.15) is 0 Å². The van der Waals surface area contributed by atoms with Gasteiger partial charge in [0.25, 0.3) is 0 Å². The van der Waals surface area contributed by atoms with Crippen molar-refractivity contribution >= 4 is 11.6 Å². The average Bonchev–Trinajstić information content (AvgIpc) is 2.18. The third-order valence-electron chi connectivity index (χ3n) is 2.48. The maximum absolute atomic E-state index is 9.56. The Balaban J connectivity index is 4.46. The second-order valence-corrected chi connectivity index (χ2v) is 3.90. The van der Waals surface area contributed by atoms with E-state index in [-0.39, 0.29) is 5.88 Å². The molecule has 0 saturated heterocycles. The Morgan fingerprint density at radius 2 is 1.86 bits per heavy atom. The highest BCUT2D eigenvalue weighted by atomic mass is 35.5. The van der Waals surface area contributed by atoms with Crippen LogP contribution in [-0.2, 0) is 0 Å². The molecule has 0 aromatic heterocycles. The Kier molecular flexibility index (Phi) is 6.89. The summed E-state index contributed by atoms with van der Waals surface area (Å²) in [6.45, 7) is 12.9. The first-order chi connectivity index (χ1) is 6.64. The molecule has 0 saturated carbocycles. The maximum atomic E-state index is 9.56. The predicted octanol–water partition coefficient (Wildman–Crippen LogP) is 1.79. The molecule has 82 valence electrons. The highest BCUT2D eigenvalue weighted by Gasteiger charge is 2.25. The van der Waals surface area contributed by atoms with Gasteiger partial charge in [-0.3, -0.25) is 0 Å². The molecule has 0 radical (unpaired) electrons. The molecule has 0 aliphatic carbocycles. The summed E-state index contributed by atoms with van der Waals surface area (Å²) in [5, 5.41) is 9.56. The van der Waals surface area contributed by atoms with Gasteiger partial charge in [0.1, 0.15) is 12.6 Å². The molecule has 0 aliphatic heterocycles. The fourth-order valence-corrected chi connectivity index (χ4v) is 1.75. The summed E-state index contributed by atoms with van der Waals surface area (Å²) in [5.74, 6) is 0.286. The second-order valence-electron chi connectivity index (χ2n) is 3.59. The van der Waals surface area contributed by atoms with Crippen molar-refractivity contribution in [1.29, 1.82) is 0 Å². The van der Waals surface area contributed by atoms with E-state index in [1.807, 2.05) is 12.2 Å². The van der Waals surface area contributed by atoms with E-state index in [0.717, 1.165) is 24.1 Å². The van der Waals surface area contributed by atoms with Crippen LogP contribution in [0.1, 0.15) is 6.92 Å². The largest absolute Gasteiger partial charge is 0.386 e. The van der Waals surface area contributed by atoms with E-state index in [1.165, 1.54) is 0 Å². The zero-order valence-electron chi connectivity index (χ0n) is 8.95. The first-order valence-electron chi connectivity index (χ1n) is 4.95. The number of likely N-dealkylation sites (N-methyl/N-ethyl adjacent to an activating group) is 1. The fourth-order valence-electron chi connectivity index (χ4n) is 1.65. The number of alkyl halides is 1. The van der Waals surface area contributed by atoms with Gasteiger partial charge in [-0.05, 0) is 19.1 Å². The number of nitrogens with zero attached hydrogens (tertiary/aromatic N) is 1. The van der Waals surface area contributed by atoms with E-state index in [9.17, 15) is 5.11 Å². The molecule has 0 amide bonds. The van der Waals surface area contributed by atoms with Crippen LogP contribution in [0.5, 0.6) is 0 Å². The molecule has 0 rings (SSSR count). The first-order valence-corrected chi connectivity index (χ1v) is 5.48. The smallest absolute Gasteiger partial charge is 0.116 e. The zero-order valence-corrected chi connectivity index (χ0v) is 9.71. The van der Waals surface area contributed by atoms with Gasteiger partial charge in [0, 0.05) is 0 Å². The monoisotopic (exact) mass is 218 g/mol. The quantitative estimate of drug-likeness (QED) is 0.374. The molecule has 0 aromatic rings. The number of aliphatic hydroxyl groups is 1. The normalized spacial score (nSPS) is 13.6. The van der Waals surface area contributed by atoms with Crippen LogP contribution in [0.2, 0.25) is 0 Å². The van der Waals surface area contributed by atoms with Crippen LogP contribution in [0.3, 0.4) is 0 Å². The Bertz CT molecular complexity index is 172. The second kappa shape index (κ2) is 7.04. The molecule has 1 unspecified atom stereocenters. The first kappa shape index (κ1) is 13.7. The van der Waals surface area contributed by atoms with Crippen LogP contribution in [0, 0.1) is 0 Å². The Morgan fingerprint density at radius 1 is 1.36 bits per heavy atom. The minimum atomic E-state index is -0.448. The molecular weight excluding hydrogens is 198 g/mol. The van der Waals surface area contributed by atoms with Crippen LogP contribution in [0.4, 0.5) is 0 Å². The van der Waals surface area contributed by atoms with Crippen molar-refractivity contribution in [2.45, 2.75) is 13.0 Å². The lowest BCUT2D eigenvalue weighted by atomic mass is 10.2. The van der Waals surface area contributed by atoms with Gasteiger partial charge < -0.3 is 9.59 Å².